The first-order valence-electron chi connectivity index (χ1n) is 6.61. The van der Waals surface area contributed by atoms with Crippen molar-refractivity contribution in [3.63, 3.8) is 0 Å². The van der Waals surface area contributed by atoms with E-state index in [2.05, 4.69) is 5.32 Å². The van der Waals surface area contributed by atoms with Gasteiger partial charge in [-0.15, -0.1) is 0 Å². The van der Waals surface area contributed by atoms with Crippen LogP contribution < -0.4 is 11.1 Å². The van der Waals surface area contributed by atoms with Crippen molar-refractivity contribution in [2.24, 2.45) is 5.73 Å². The summed E-state index contributed by atoms with van der Waals surface area (Å²) in [5, 5.41) is 2.64. The molecule has 2 fully saturated rings. The Balaban J connectivity index is 1.95. The molecule has 2 aliphatic rings. The van der Waals surface area contributed by atoms with Gasteiger partial charge in [0, 0.05) is 24.4 Å². The lowest BCUT2D eigenvalue weighted by molar-refractivity contribution is -0.135. The maximum atomic E-state index is 12.4. The minimum Gasteiger partial charge on any atom is -0.338 e. The summed E-state index contributed by atoms with van der Waals surface area (Å²) in [7, 11) is 0. The number of hydrogen-bond donors (Lipinski definition) is 2. The van der Waals surface area contributed by atoms with Crippen LogP contribution in [0.5, 0.6) is 0 Å². The van der Waals surface area contributed by atoms with Crippen LogP contribution in [0.4, 0.5) is 4.79 Å². The number of carbonyl (C=O) groups is 2. The van der Waals surface area contributed by atoms with Gasteiger partial charge in [-0.3, -0.25) is 9.59 Å². The average molecular weight is 271 g/mol. The van der Waals surface area contributed by atoms with Gasteiger partial charge >= 0.3 is 0 Å². The third-order valence-corrected chi connectivity index (χ3v) is 4.66. The Morgan fingerprint density at radius 2 is 2.11 bits per heavy atom. The summed E-state index contributed by atoms with van der Waals surface area (Å²) >= 11 is 1.19. The van der Waals surface area contributed by atoms with Gasteiger partial charge in [0.25, 0.3) is 5.24 Å². The van der Waals surface area contributed by atoms with Crippen molar-refractivity contribution >= 4 is 22.9 Å². The molecule has 2 rings (SSSR count). The Hall–Kier alpha value is -0.750. The highest BCUT2D eigenvalue weighted by Crippen LogP contribution is 2.24. The Bertz CT molecular complexity index is 329. The summed E-state index contributed by atoms with van der Waals surface area (Å²) < 4.78 is 0. The highest BCUT2D eigenvalue weighted by Gasteiger charge is 2.34. The van der Waals surface area contributed by atoms with Gasteiger partial charge in [-0.25, -0.2) is 0 Å². The van der Waals surface area contributed by atoms with Crippen LogP contribution in [-0.2, 0) is 4.79 Å². The Labute approximate surface area is 112 Å². The molecular formula is C12H21N3O2S. The molecular weight excluding hydrogens is 250 g/mol. The molecule has 0 aromatic rings. The number of amides is 2. The van der Waals surface area contributed by atoms with Crippen LogP contribution >= 0.6 is 11.8 Å². The van der Waals surface area contributed by atoms with Crippen molar-refractivity contribution in [2.75, 3.05) is 12.3 Å². The topological polar surface area (TPSA) is 75.4 Å². The van der Waals surface area contributed by atoms with E-state index in [9.17, 15) is 9.59 Å². The predicted octanol–water partition coefficient (Wildman–Crippen LogP) is 0.930. The summed E-state index contributed by atoms with van der Waals surface area (Å²) in [6, 6.07) is 0.250. The molecule has 6 heteroatoms. The van der Waals surface area contributed by atoms with Gasteiger partial charge in [0.05, 0.1) is 0 Å². The maximum Gasteiger partial charge on any atom is 0.279 e. The zero-order valence-corrected chi connectivity index (χ0v) is 11.5. The van der Waals surface area contributed by atoms with Crippen molar-refractivity contribution in [3.8, 4) is 0 Å². The van der Waals surface area contributed by atoms with Crippen LogP contribution in [0.3, 0.4) is 0 Å². The Morgan fingerprint density at radius 3 is 2.61 bits per heavy atom. The molecule has 0 spiro atoms. The smallest absolute Gasteiger partial charge is 0.279 e. The largest absolute Gasteiger partial charge is 0.338 e. The third kappa shape index (κ3) is 2.98. The van der Waals surface area contributed by atoms with Crippen molar-refractivity contribution in [2.45, 2.75) is 50.7 Å². The van der Waals surface area contributed by atoms with Gasteiger partial charge in [0.2, 0.25) is 5.91 Å². The van der Waals surface area contributed by atoms with Gasteiger partial charge in [0.1, 0.15) is 6.04 Å². The molecule has 1 aliphatic carbocycles. The highest BCUT2D eigenvalue weighted by molar-refractivity contribution is 8.14. The summed E-state index contributed by atoms with van der Waals surface area (Å²) in [5.41, 5.74) is 5.89. The SMILES string of the molecule is CCN(C(=O)C1CSC(=O)N1)C1CCC(N)CC1. The quantitative estimate of drug-likeness (QED) is 0.800. The number of hydrogen-bond acceptors (Lipinski definition) is 4. The lowest BCUT2D eigenvalue weighted by atomic mass is 9.90. The van der Waals surface area contributed by atoms with E-state index in [-0.39, 0.29) is 23.2 Å². The van der Waals surface area contributed by atoms with Crippen LogP contribution in [0.25, 0.3) is 0 Å². The molecule has 1 heterocycles. The second-order valence-corrected chi connectivity index (χ2v) is 5.98. The first-order chi connectivity index (χ1) is 8.61. The molecule has 1 saturated carbocycles. The van der Waals surface area contributed by atoms with Crippen LogP contribution in [0.1, 0.15) is 32.6 Å². The standard InChI is InChI=1S/C12H21N3O2S/c1-2-15(9-5-3-8(13)4-6-9)11(16)10-7-18-12(17)14-10/h8-10H,2-7,13H2,1H3,(H,14,17). The van der Waals surface area contributed by atoms with Gasteiger partial charge in [0.15, 0.2) is 0 Å². The van der Waals surface area contributed by atoms with Crippen molar-refractivity contribution in [1.29, 1.82) is 0 Å². The molecule has 102 valence electrons. The molecule has 0 bridgehead atoms. The first kappa shape index (κ1) is 13.7. The number of rotatable bonds is 3. The molecule has 1 atom stereocenters. The summed E-state index contributed by atoms with van der Waals surface area (Å²) in [6.07, 6.45) is 3.93. The zero-order valence-electron chi connectivity index (χ0n) is 10.7. The number of nitrogens with one attached hydrogen (secondary N) is 1. The fourth-order valence-electron chi connectivity index (χ4n) is 2.73. The van der Waals surface area contributed by atoms with Crippen LogP contribution in [-0.4, -0.2) is 46.5 Å². The van der Waals surface area contributed by atoms with E-state index in [1.807, 2.05) is 11.8 Å². The molecule has 1 aliphatic heterocycles. The number of carbonyl (C=O) groups excluding carboxylic acids is 2. The van der Waals surface area contributed by atoms with Gasteiger partial charge in [-0.05, 0) is 32.6 Å². The summed E-state index contributed by atoms with van der Waals surface area (Å²) in [4.78, 5) is 25.4. The maximum absolute atomic E-state index is 12.4. The van der Waals surface area contributed by atoms with Crippen molar-refractivity contribution < 1.29 is 9.59 Å². The fourth-order valence-corrected chi connectivity index (χ4v) is 3.49. The number of nitrogens with zero attached hydrogens (tertiary/aromatic N) is 1. The first-order valence-corrected chi connectivity index (χ1v) is 7.59. The second kappa shape index (κ2) is 5.93. The monoisotopic (exact) mass is 271 g/mol. The van der Waals surface area contributed by atoms with Gasteiger partial charge < -0.3 is 16.0 Å². The van der Waals surface area contributed by atoms with Crippen LogP contribution in [0.15, 0.2) is 0 Å². The predicted molar refractivity (Wildman–Crippen MR) is 72.4 cm³/mol. The Morgan fingerprint density at radius 1 is 1.44 bits per heavy atom. The van der Waals surface area contributed by atoms with Crippen molar-refractivity contribution in [1.82, 2.24) is 10.2 Å². The number of thioether (sulfide) groups is 1. The van der Waals surface area contributed by atoms with Gasteiger partial charge in [-0.2, -0.15) is 0 Å². The molecule has 3 N–H and O–H groups in total. The number of nitrogens with two attached hydrogens (primary N) is 1. The third-order valence-electron chi connectivity index (χ3n) is 3.78. The van der Waals surface area contributed by atoms with E-state index in [1.54, 1.807) is 0 Å². The molecule has 18 heavy (non-hydrogen) atoms. The van der Waals surface area contributed by atoms with E-state index >= 15 is 0 Å². The molecule has 1 saturated heterocycles. The van der Waals surface area contributed by atoms with Crippen molar-refractivity contribution in [3.05, 3.63) is 0 Å². The van der Waals surface area contributed by atoms with Crippen LogP contribution in [0.2, 0.25) is 0 Å². The molecule has 1 unspecified atom stereocenters. The Kier molecular flexibility index (Phi) is 4.50. The van der Waals surface area contributed by atoms with Crippen LogP contribution in [0, 0.1) is 0 Å². The lowest BCUT2D eigenvalue weighted by Gasteiger charge is -2.36. The van der Waals surface area contributed by atoms with Gasteiger partial charge in [-0.1, -0.05) is 11.8 Å². The minimum atomic E-state index is -0.335. The average Bonchev–Trinajstić information content (AvgIpc) is 2.79. The molecule has 0 aromatic heterocycles. The van der Waals surface area contributed by atoms with E-state index in [1.165, 1.54) is 11.8 Å². The molecule has 0 aromatic carbocycles. The lowest BCUT2D eigenvalue weighted by Crippen LogP contribution is -2.51. The zero-order chi connectivity index (χ0) is 13.1. The normalized spacial score (nSPS) is 32.1. The highest BCUT2D eigenvalue weighted by atomic mass is 32.2. The molecule has 5 nitrogen and oxygen atoms in total. The van der Waals surface area contributed by atoms with E-state index in [0.29, 0.717) is 18.3 Å². The fraction of sp³-hybridized carbons (Fsp3) is 0.833. The summed E-state index contributed by atoms with van der Waals surface area (Å²) in [5.74, 6) is 0.622. The van der Waals surface area contributed by atoms with E-state index in [4.69, 9.17) is 5.73 Å². The number of likely N-dealkylation sites (N-methyl/N-ethyl adjacent to an activating group) is 1. The molecule has 0 radical (unpaired) electrons. The van der Waals surface area contributed by atoms with E-state index in [0.717, 1.165) is 25.7 Å². The van der Waals surface area contributed by atoms with E-state index < -0.39 is 0 Å². The minimum absolute atomic E-state index is 0.0660. The second-order valence-electron chi connectivity index (χ2n) is 4.99. The molecule has 2 amide bonds. The summed E-state index contributed by atoms with van der Waals surface area (Å²) in [6.45, 7) is 2.70.